The van der Waals surface area contributed by atoms with E-state index in [1.807, 2.05) is 6.07 Å². The molecule has 1 rings (SSSR count). The van der Waals surface area contributed by atoms with Crippen LogP contribution < -0.4 is 10.5 Å². The van der Waals surface area contributed by atoms with Crippen LogP contribution in [0.1, 0.15) is 51.0 Å². The van der Waals surface area contributed by atoms with E-state index in [1.165, 1.54) is 26.4 Å². The summed E-state index contributed by atoms with van der Waals surface area (Å²) in [6.07, 6.45) is 7.28. The molecule has 1 aromatic rings. The molecule has 0 aromatic heterocycles. The molecule has 22 heavy (non-hydrogen) atoms. The van der Waals surface area contributed by atoms with Crippen molar-refractivity contribution in [2.45, 2.75) is 51.9 Å². The standard InChI is InChI=1S/C17H27NO3.Ca.2H/c1-3-4-5-6-7-8-14(17(18)20)11-13-9-10-15(19)16(12-13)21-2;;;/h9-10,12,14,19H,3-8,11H2,1-2H3,(H2,18,20);;;. The molecule has 0 radical (unpaired) electrons. The van der Waals surface area contributed by atoms with Crippen molar-refractivity contribution >= 4 is 43.6 Å². The van der Waals surface area contributed by atoms with E-state index >= 15 is 0 Å². The van der Waals surface area contributed by atoms with Gasteiger partial charge in [0.05, 0.1) is 7.11 Å². The molecule has 0 aliphatic carbocycles. The monoisotopic (exact) mass is 335 g/mol. The van der Waals surface area contributed by atoms with Gasteiger partial charge in [-0.3, -0.25) is 4.79 Å². The van der Waals surface area contributed by atoms with Crippen molar-refractivity contribution in [2.24, 2.45) is 11.7 Å². The maximum absolute atomic E-state index is 11.6. The topological polar surface area (TPSA) is 72.6 Å². The van der Waals surface area contributed by atoms with Gasteiger partial charge < -0.3 is 15.6 Å². The van der Waals surface area contributed by atoms with Crippen LogP contribution in [0.4, 0.5) is 0 Å². The van der Waals surface area contributed by atoms with E-state index in [0.717, 1.165) is 24.8 Å². The summed E-state index contributed by atoms with van der Waals surface area (Å²) in [6, 6.07) is 5.17. The molecule has 1 amide bonds. The number of rotatable bonds is 10. The first-order chi connectivity index (χ1) is 10.1. The van der Waals surface area contributed by atoms with Gasteiger partial charge in [-0.15, -0.1) is 0 Å². The van der Waals surface area contributed by atoms with Gasteiger partial charge in [-0.1, -0.05) is 45.1 Å². The second-order valence-electron chi connectivity index (χ2n) is 5.51. The van der Waals surface area contributed by atoms with Gasteiger partial charge in [0.15, 0.2) is 11.5 Å². The Morgan fingerprint density at radius 3 is 2.55 bits per heavy atom. The van der Waals surface area contributed by atoms with Crippen molar-refractivity contribution in [3.8, 4) is 11.5 Å². The molecule has 0 spiro atoms. The molecule has 122 valence electrons. The number of phenolic OH excluding ortho intramolecular Hbond substituents is 1. The Kier molecular flexibility index (Phi) is 11.8. The van der Waals surface area contributed by atoms with E-state index in [1.54, 1.807) is 12.1 Å². The molecule has 0 aliphatic heterocycles. The molecule has 0 fully saturated rings. The zero-order valence-electron chi connectivity index (χ0n) is 13.1. The maximum atomic E-state index is 11.6. The van der Waals surface area contributed by atoms with Crippen LogP contribution in [0.5, 0.6) is 11.5 Å². The van der Waals surface area contributed by atoms with Gasteiger partial charge >= 0.3 is 37.7 Å². The number of amides is 1. The van der Waals surface area contributed by atoms with Crippen LogP contribution in [0, 0.1) is 5.92 Å². The summed E-state index contributed by atoms with van der Waals surface area (Å²) in [5.41, 5.74) is 6.47. The Labute approximate surface area is 163 Å². The van der Waals surface area contributed by atoms with E-state index in [2.05, 4.69) is 6.92 Å². The van der Waals surface area contributed by atoms with Crippen LogP contribution in [0.15, 0.2) is 18.2 Å². The summed E-state index contributed by atoms with van der Waals surface area (Å²) in [5.74, 6) is 0.133. The van der Waals surface area contributed by atoms with Crippen molar-refractivity contribution < 1.29 is 14.6 Å². The Morgan fingerprint density at radius 2 is 1.95 bits per heavy atom. The number of carbonyl (C=O) groups excluding carboxylic acids is 1. The molecular formula is C17H29CaNO3. The van der Waals surface area contributed by atoms with Crippen LogP contribution in [0.2, 0.25) is 0 Å². The Balaban J connectivity index is 0.00000441. The molecular weight excluding hydrogens is 306 g/mol. The van der Waals surface area contributed by atoms with Gasteiger partial charge in [-0.2, -0.15) is 0 Å². The van der Waals surface area contributed by atoms with Gasteiger partial charge in [0.25, 0.3) is 0 Å². The second kappa shape index (κ2) is 12.0. The SMILES string of the molecule is CCCCCCCC(Cc1ccc(O)c(OC)c1)C(N)=O.[CaH2]. The fourth-order valence-corrected chi connectivity index (χ4v) is 2.47. The Bertz CT molecular complexity index is 452. The number of phenols is 1. The molecule has 0 aliphatic rings. The summed E-state index contributed by atoms with van der Waals surface area (Å²) < 4.78 is 5.09. The van der Waals surface area contributed by atoms with E-state index in [4.69, 9.17) is 10.5 Å². The zero-order chi connectivity index (χ0) is 15.7. The molecule has 1 unspecified atom stereocenters. The summed E-state index contributed by atoms with van der Waals surface area (Å²) in [6.45, 7) is 2.18. The number of carbonyl (C=O) groups is 1. The third kappa shape index (κ3) is 7.70. The molecule has 4 nitrogen and oxygen atoms in total. The Morgan fingerprint density at radius 1 is 1.27 bits per heavy atom. The Hall–Kier alpha value is -0.450. The number of nitrogens with two attached hydrogens (primary N) is 1. The summed E-state index contributed by atoms with van der Waals surface area (Å²) in [5, 5.41) is 9.59. The molecule has 0 saturated carbocycles. The van der Waals surface area contributed by atoms with E-state index in [0.29, 0.717) is 12.2 Å². The van der Waals surface area contributed by atoms with Crippen molar-refractivity contribution in [1.29, 1.82) is 0 Å². The van der Waals surface area contributed by atoms with Gasteiger partial charge in [0.1, 0.15) is 0 Å². The first-order valence-corrected chi connectivity index (χ1v) is 7.73. The second-order valence-corrected chi connectivity index (χ2v) is 5.51. The van der Waals surface area contributed by atoms with Crippen LogP contribution in [-0.4, -0.2) is 55.9 Å². The number of ether oxygens (including phenoxy) is 1. The van der Waals surface area contributed by atoms with E-state index in [-0.39, 0.29) is 55.3 Å². The molecule has 1 aromatic carbocycles. The molecule has 0 saturated heterocycles. The third-order valence-electron chi connectivity index (χ3n) is 3.78. The van der Waals surface area contributed by atoms with Gasteiger partial charge in [0.2, 0.25) is 5.91 Å². The van der Waals surface area contributed by atoms with Gasteiger partial charge in [-0.25, -0.2) is 0 Å². The van der Waals surface area contributed by atoms with Gasteiger partial charge in [-0.05, 0) is 30.5 Å². The van der Waals surface area contributed by atoms with Gasteiger partial charge in [0, 0.05) is 5.92 Å². The van der Waals surface area contributed by atoms with Crippen molar-refractivity contribution in [1.82, 2.24) is 0 Å². The molecule has 0 bridgehead atoms. The predicted octanol–water partition coefficient (Wildman–Crippen LogP) is 2.49. The molecule has 5 heteroatoms. The number of aromatic hydroxyl groups is 1. The number of unbranched alkanes of at least 4 members (excludes halogenated alkanes) is 4. The molecule has 1 atom stereocenters. The fraction of sp³-hybridized carbons (Fsp3) is 0.588. The summed E-state index contributed by atoms with van der Waals surface area (Å²) in [7, 11) is 1.51. The number of benzene rings is 1. The fourth-order valence-electron chi connectivity index (χ4n) is 2.47. The number of hydrogen-bond donors (Lipinski definition) is 2. The van der Waals surface area contributed by atoms with Crippen molar-refractivity contribution in [3.05, 3.63) is 23.8 Å². The average molecular weight is 336 g/mol. The third-order valence-corrected chi connectivity index (χ3v) is 3.78. The van der Waals surface area contributed by atoms with Crippen LogP contribution in [0.25, 0.3) is 0 Å². The first kappa shape index (κ1) is 21.5. The van der Waals surface area contributed by atoms with Crippen molar-refractivity contribution in [3.63, 3.8) is 0 Å². The number of primary amides is 1. The van der Waals surface area contributed by atoms with Crippen LogP contribution in [0.3, 0.4) is 0 Å². The first-order valence-electron chi connectivity index (χ1n) is 7.73. The minimum absolute atomic E-state index is 0. The summed E-state index contributed by atoms with van der Waals surface area (Å²) in [4.78, 5) is 11.6. The number of hydrogen-bond acceptors (Lipinski definition) is 3. The van der Waals surface area contributed by atoms with Crippen molar-refractivity contribution in [2.75, 3.05) is 7.11 Å². The van der Waals surface area contributed by atoms with Crippen LogP contribution in [-0.2, 0) is 11.2 Å². The van der Waals surface area contributed by atoms with E-state index in [9.17, 15) is 9.90 Å². The minimum atomic E-state index is -0.252. The summed E-state index contributed by atoms with van der Waals surface area (Å²) >= 11 is 0. The quantitative estimate of drug-likeness (QED) is 0.510. The molecule has 3 N–H and O–H groups in total. The predicted molar refractivity (Wildman–Crippen MR) is 93.0 cm³/mol. The zero-order valence-corrected chi connectivity index (χ0v) is 13.1. The van der Waals surface area contributed by atoms with Crippen LogP contribution >= 0.6 is 0 Å². The normalized spacial score (nSPS) is 11.5. The number of methoxy groups -OCH3 is 1. The average Bonchev–Trinajstić information content (AvgIpc) is 2.47. The van der Waals surface area contributed by atoms with E-state index < -0.39 is 0 Å². The molecule has 0 heterocycles.